The van der Waals surface area contributed by atoms with Crippen molar-refractivity contribution in [1.29, 1.82) is 0 Å². The van der Waals surface area contributed by atoms with Crippen LogP contribution in [0.5, 0.6) is 0 Å². The molecule has 0 aromatic rings. The van der Waals surface area contributed by atoms with Crippen molar-refractivity contribution in [3.05, 3.63) is 11.6 Å². The van der Waals surface area contributed by atoms with Crippen LogP contribution in [-0.4, -0.2) is 23.8 Å². The van der Waals surface area contributed by atoms with Gasteiger partial charge in [0.2, 0.25) is 0 Å². The van der Waals surface area contributed by atoms with Gasteiger partial charge in [0.15, 0.2) is 0 Å². The maximum Gasteiger partial charge on any atom is 0.312 e. The van der Waals surface area contributed by atoms with Gasteiger partial charge in [0, 0.05) is 5.92 Å². The third-order valence-electron chi connectivity index (χ3n) is 8.23. The lowest BCUT2D eigenvalue weighted by atomic mass is 9.46. The van der Waals surface area contributed by atoms with Gasteiger partial charge in [-0.15, -0.1) is 0 Å². The van der Waals surface area contributed by atoms with E-state index >= 15 is 0 Å². The van der Waals surface area contributed by atoms with E-state index in [1.54, 1.807) is 0 Å². The lowest BCUT2D eigenvalue weighted by molar-refractivity contribution is -0.148. The molecule has 2 heterocycles. The zero-order valence-corrected chi connectivity index (χ0v) is 14.7. The van der Waals surface area contributed by atoms with Gasteiger partial charge in [-0.2, -0.15) is 0 Å². The van der Waals surface area contributed by atoms with Crippen LogP contribution in [0.15, 0.2) is 11.6 Å². The molecular formula is C20H28O3. The van der Waals surface area contributed by atoms with Crippen LogP contribution < -0.4 is 0 Å². The molecule has 3 aliphatic carbocycles. The summed E-state index contributed by atoms with van der Waals surface area (Å²) in [5.74, 6) is 1.54. The molecule has 0 bridgehead atoms. The molecule has 0 spiro atoms. The molecule has 0 amide bonds. The molecule has 3 heteroatoms. The summed E-state index contributed by atoms with van der Waals surface area (Å²) in [7, 11) is 0. The largest absolute Gasteiger partial charge is 0.457 e. The molecule has 2 aliphatic heterocycles. The van der Waals surface area contributed by atoms with E-state index in [1.807, 2.05) is 0 Å². The van der Waals surface area contributed by atoms with E-state index in [1.165, 1.54) is 24.8 Å². The number of epoxide rings is 1. The van der Waals surface area contributed by atoms with Crippen LogP contribution >= 0.6 is 0 Å². The summed E-state index contributed by atoms with van der Waals surface area (Å²) in [6.45, 7) is 9.15. The number of hydrogen-bond acceptors (Lipinski definition) is 3. The number of esters is 1. The summed E-state index contributed by atoms with van der Waals surface area (Å²) in [6.07, 6.45) is 8.33. The molecule has 0 aromatic carbocycles. The van der Waals surface area contributed by atoms with Gasteiger partial charge < -0.3 is 9.47 Å². The van der Waals surface area contributed by atoms with Crippen LogP contribution in [-0.2, 0) is 14.3 Å². The highest BCUT2D eigenvalue weighted by molar-refractivity contribution is 5.80. The first-order valence-corrected chi connectivity index (χ1v) is 9.43. The Morgan fingerprint density at radius 1 is 1.22 bits per heavy atom. The van der Waals surface area contributed by atoms with Crippen LogP contribution in [0.1, 0.15) is 59.8 Å². The summed E-state index contributed by atoms with van der Waals surface area (Å²) < 4.78 is 12.2. The highest BCUT2D eigenvalue weighted by Gasteiger charge is 2.71. The Morgan fingerprint density at radius 2 is 2.00 bits per heavy atom. The van der Waals surface area contributed by atoms with Crippen molar-refractivity contribution in [1.82, 2.24) is 0 Å². The van der Waals surface area contributed by atoms with Gasteiger partial charge >= 0.3 is 5.97 Å². The highest BCUT2D eigenvalue weighted by Crippen LogP contribution is 2.69. The molecule has 2 saturated carbocycles. The van der Waals surface area contributed by atoms with Crippen molar-refractivity contribution < 1.29 is 14.3 Å². The molecule has 5 rings (SSSR count). The van der Waals surface area contributed by atoms with Crippen LogP contribution in [0, 0.1) is 28.6 Å². The maximum absolute atomic E-state index is 12.6. The summed E-state index contributed by atoms with van der Waals surface area (Å²) in [5, 5.41) is 0. The predicted octanol–water partition coefficient (Wildman–Crippen LogP) is 3.87. The van der Waals surface area contributed by atoms with Gasteiger partial charge in [-0.25, -0.2) is 0 Å². The molecule has 23 heavy (non-hydrogen) atoms. The first-order chi connectivity index (χ1) is 10.8. The second kappa shape index (κ2) is 4.04. The Balaban J connectivity index is 1.61. The van der Waals surface area contributed by atoms with Crippen LogP contribution in [0.4, 0.5) is 0 Å². The average molecular weight is 316 g/mol. The minimum Gasteiger partial charge on any atom is -0.457 e. The lowest BCUT2D eigenvalue weighted by Crippen LogP contribution is -2.54. The van der Waals surface area contributed by atoms with Gasteiger partial charge in [-0.1, -0.05) is 27.2 Å². The molecule has 0 N–H and O–H groups in total. The summed E-state index contributed by atoms with van der Waals surface area (Å²) in [4.78, 5) is 12.6. The quantitative estimate of drug-likeness (QED) is 0.419. The molecule has 0 aromatic heterocycles. The van der Waals surface area contributed by atoms with E-state index in [9.17, 15) is 4.79 Å². The summed E-state index contributed by atoms with van der Waals surface area (Å²) >= 11 is 0. The topological polar surface area (TPSA) is 38.8 Å². The molecule has 2 saturated heterocycles. The van der Waals surface area contributed by atoms with E-state index < -0.39 is 0 Å². The summed E-state index contributed by atoms with van der Waals surface area (Å²) in [5.41, 5.74) is 1.47. The van der Waals surface area contributed by atoms with Crippen molar-refractivity contribution in [2.45, 2.75) is 77.6 Å². The number of carbonyl (C=O) groups excluding carboxylic acids is 1. The Kier molecular flexibility index (Phi) is 2.55. The molecule has 3 nitrogen and oxygen atoms in total. The van der Waals surface area contributed by atoms with Crippen LogP contribution in [0.3, 0.4) is 0 Å². The van der Waals surface area contributed by atoms with Gasteiger partial charge in [0.05, 0.1) is 5.41 Å². The fraction of sp³-hybridized carbons (Fsp3) is 0.850. The third-order valence-corrected chi connectivity index (χ3v) is 8.23. The molecule has 126 valence electrons. The molecule has 0 radical (unpaired) electrons. The second-order valence-corrected chi connectivity index (χ2v) is 9.49. The smallest absolute Gasteiger partial charge is 0.312 e. The molecule has 0 unspecified atom stereocenters. The van der Waals surface area contributed by atoms with Crippen LogP contribution in [0.2, 0.25) is 0 Å². The Labute approximate surface area is 138 Å². The van der Waals surface area contributed by atoms with Gasteiger partial charge in [0.25, 0.3) is 0 Å². The van der Waals surface area contributed by atoms with Gasteiger partial charge in [-0.3, -0.25) is 4.79 Å². The fourth-order valence-electron chi connectivity index (χ4n) is 6.97. The number of fused-ring (bicyclic) bond motifs is 4. The van der Waals surface area contributed by atoms with E-state index in [0.717, 1.165) is 12.8 Å². The lowest BCUT2D eigenvalue weighted by Gasteiger charge is -2.55. The van der Waals surface area contributed by atoms with Crippen molar-refractivity contribution >= 4 is 5.97 Å². The monoisotopic (exact) mass is 316 g/mol. The highest BCUT2D eigenvalue weighted by atomic mass is 16.6. The predicted molar refractivity (Wildman–Crippen MR) is 86.7 cm³/mol. The zero-order chi connectivity index (χ0) is 16.2. The molecule has 5 aliphatic rings. The van der Waals surface area contributed by atoms with E-state index in [0.29, 0.717) is 17.8 Å². The second-order valence-electron chi connectivity index (χ2n) is 9.49. The number of hydrogen-bond donors (Lipinski definition) is 0. The molecule has 7 atom stereocenters. The van der Waals surface area contributed by atoms with Gasteiger partial charge in [-0.05, 0) is 61.5 Å². The SMILES string of the molecule is CC(C)[C@@]12CC[C@H]3C(=C[C@H]4OC(=O)[C@@]5(C)CCC[C@@]3(C)[C@H]45)[C@@H]1O2. The average Bonchev–Trinajstić information content (AvgIpc) is 3.17. The fourth-order valence-corrected chi connectivity index (χ4v) is 6.97. The van der Waals surface area contributed by atoms with E-state index in [4.69, 9.17) is 9.47 Å². The van der Waals surface area contributed by atoms with Crippen molar-refractivity contribution in [3.63, 3.8) is 0 Å². The minimum absolute atomic E-state index is 0.0174. The van der Waals surface area contributed by atoms with Crippen molar-refractivity contribution in [2.24, 2.45) is 28.6 Å². The summed E-state index contributed by atoms with van der Waals surface area (Å²) in [6, 6.07) is 0. The number of ether oxygens (including phenoxy) is 2. The Bertz CT molecular complexity index is 622. The first kappa shape index (κ1) is 14.5. The first-order valence-electron chi connectivity index (χ1n) is 9.43. The Morgan fingerprint density at radius 3 is 2.74 bits per heavy atom. The van der Waals surface area contributed by atoms with E-state index in [2.05, 4.69) is 33.8 Å². The van der Waals surface area contributed by atoms with Crippen LogP contribution in [0.25, 0.3) is 0 Å². The standard InChI is InChI=1S/C20H28O3/c1-11(2)20-9-6-13-12(16(20)23-20)10-14-15-18(13,3)7-5-8-19(15,4)17(21)22-14/h10-11,13-16H,5-9H2,1-4H3/t13-,14+,15-,16-,18+,19-,20-/m0/s1. The van der Waals surface area contributed by atoms with Crippen molar-refractivity contribution in [2.75, 3.05) is 0 Å². The number of rotatable bonds is 1. The third kappa shape index (κ3) is 1.49. The minimum atomic E-state index is -0.267. The van der Waals surface area contributed by atoms with Crippen molar-refractivity contribution in [3.8, 4) is 0 Å². The molecular weight excluding hydrogens is 288 g/mol. The normalized spacial score (nSPS) is 56.4. The van der Waals surface area contributed by atoms with E-state index in [-0.39, 0.29) is 34.6 Å². The van der Waals surface area contributed by atoms with Gasteiger partial charge in [0.1, 0.15) is 17.8 Å². The maximum atomic E-state index is 12.6. The Hall–Kier alpha value is -0.830. The zero-order valence-electron chi connectivity index (χ0n) is 14.7. The molecule has 4 fully saturated rings. The number of carbonyl (C=O) groups is 1.